The van der Waals surface area contributed by atoms with Crippen molar-refractivity contribution in [2.45, 2.75) is 32.2 Å². The average molecular weight is 297 g/mol. The summed E-state index contributed by atoms with van der Waals surface area (Å²) in [6, 6.07) is 9.64. The van der Waals surface area contributed by atoms with Crippen molar-refractivity contribution >= 4 is 18.3 Å². The fourth-order valence-corrected chi connectivity index (χ4v) is 2.62. The highest BCUT2D eigenvalue weighted by atomic mass is 35.5. The smallest absolute Gasteiger partial charge is 0.227 e. The Balaban J connectivity index is 0.00000200. The molecule has 0 aromatic heterocycles. The number of carbonyl (C=O) groups is 1. The highest BCUT2D eigenvalue weighted by molar-refractivity contribution is 5.85. The van der Waals surface area contributed by atoms with Gasteiger partial charge in [0.25, 0.3) is 0 Å². The second-order valence-electron chi connectivity index (χ2n) is 5.74. The van der Waals surface area contributed by atoms with Crippen molar-refractivity contribution in [3.63, 3.8) is 0 Å². The minimum absolute atomic E-state index is 0. The summed E-state index contributed by atoms with van der Waals surface area (Å²) in [5.41, 5.74) is 7.24. The van der Waals surface area contributed by atoms with Gasteiger partial charge in [-0.05, 0) is 24.3 Å². The highest BCUT2D eigenvalue weighted by Crippen LogP contribution is 2.28. The minimum atomic E-state index is -0.224. The van der Waals surface area contributed by atoms with Gasteiger partial charge in [0.05, 0.1) is 5.92 Å². The quantitative estimate of drug-likeness (QED) is 0.908. The standard InChI is InChI=1S/C16H24N2O.ClH/c1-12(15(17)14-9-4-3-5-10-14)16(19)18(2)11-13-7-6-8-13;/h3-5,9-10,12-13,15H,6-8,11,17H2,1-2H3;1H. The zero-order valence-electron chi connectivity index (χ0n) is 12.3. The first-order chi connectivity index (χ1) is 9.09. The molecular weight excluding hydrogens is 272 g/mol. The van der Waals surface area contributed by atoms with E-state index in [9.17, 15) is 4.79 Å². The van der Waals surface area contributed by atoms with E-state index in [4.69, 9.17) is 5.73 Å². The van der Waals surface area contributed by atoms with Gasteiger partial charge < -0.3 is 10.6 Å². The van der Waals surface area contributed by atoms with Crippen molar-refractivity contribution in [1.82, 2.24) is 4.90 Å². The zero-order valence-corrected chi connectivity index (χ0v) is 13.1. The van der Waals surface area contributed by atoms with E-state index >= 15 is 0 Å². The van der Waals surface area contributed by atoms with Crippen LogP contribution in [0.5, 0.6) is 0 Å². The molecule has 1 aliphatic rings. The maximum atomic E-state index is 12.4. The van der Waals surface area contributed by atoms with Gasteiger partial charge in [-0.2, -0.15) is 0 Å². The zero-order chi connectivity index (χ0) is 13.8. The van der Waals surface area contributed by atoms with Crippen LogP contribution in [0, 0.1) is 11.8 Å². The van der Waals surface area contributed by atoms with E-state index in [0.717, 1.165) is 12.1 Å². The monoisotopic (exact) mass is 296 g/mol. The molecule has 2 rings (SSSR count). The summed E-state index contributed by atoms with van der Waals surface area (Å²) in [7, 11) is 1.90. The molecule has 0 bridgehead atoms. The van der Waals surface area contributed by atoms with E-state index in [2.05, 4.69) is 0 Å². The molecule has 0 saturated heterocycles. The third-order valence-corrected chi connectivity index (χ3v) is 4.25. The lowest BCUT2D eigenvalue weighted by Crippen LogP contribution is -2.40. The number of nitrogens with zero attached hydrogens (tertiary/aromatic N) is 1. The molecule has 1 aliphatic carbocycles. The first-order valence-electron chi connectivity index (χ1n) is 7.15. The predicted molar refractivity (Wildman–Crippen MR) is 84.8 cm³/mol. The molecule has 1 saturated carbocycles. The van der Waals surface area contributed by atoms with Crippen molar-refractivity contribution in [3.8, 4) is 0 Å². The first-order valence-corrected chi connectivity index (χ1v) is 7.15. The summed E-state index contributed by atoms with van der Waals surface area (Å²) in [6.07, 6.45) is 3.83. The molecule has 0 aliphatic heterocycles. The predicted octanol–water partition coefficient (Wildman–Crippen LogP) is 3.00. The lowest BCUT2D eigenvalue weighted by molar-refractivity contribution is -0.135. The fourth-order valence-electron chi connectivity index (χ4n) is 2.62. The largest absolute Gasteiger partial charge is 0.345 e. The Labute approximate surface area is 127 Å². The van der Waals surface area contributed by atoms with Gasteiger partial charge in [0.1, 0.15) is 0 Å². The Morgan fingerprint density at radius 1 is 1.35 bits per heavy atom. The number of hydrogen-bond donors (Lipinski definition) is 1. The number of rotatable bonds is 5. The van der Waals surface area contributed by atoms with Crippen LogP contribution in [0.2, 0.25) is 0 Å². The van der Waals surface area contributed by atoms with E-state index in [1.165, 1.54) is 19.3 Å². The van der Waals surface area contributed by atoms with Crippen LogP contribution in [-0.4, -0.2) is 24.4 Å². The molecule has 2 unspecified atom stereocenters. The van der Waals surface area contributed by atoms with E-state index in [1.807, 2.05) is 49.2 Å². The Morgan fingerprint density at radius 3 is 2.45 bits per heavy atom. The van der Waals surface area contributed by atoms with Crippen molar-refractivity contribution in [1.29, 1.82) is 0 Å². The number of amides is 1. The van der Waals surface area contributed by atoms with Gasteiger partial charge in [-0.3, -0.25) is 4.79 Å². The third-order valence-electron chi connectivity index (χ3n) is 4.25. The lowest BCUT2D eigenvalue weighted by atomic mass is 9.85. The fraction of sp³-hybridized carbons (Fsp3) is 0.562. The highest BCUT2D eigenvalue weighted by Gasteiger charge is 2.27. The van der Waals surface area contributed by atoms with Crippen LogP contribution in [-0.2, 0) is 4.79 Å². The molecule has 1 aromatic rings. The SMILES string of the molecule is CC(C(=O)N(C)CC1CCC1)C(N)c1ccccc1.Cl. The molecular formula is C16H25ClN2O. The second-order valence-corrected chi connectivity index (χ2v) is 5.74. The average Bonchev–Trinajstić information content (AvgIpc) is 2.41. The lowest BCUT2D eigenvalue weighted by Gasteiger charge is -2.32. The summed E-state index contributed by atoms with van der Waals surface area (Å²) < 4.78 is 0. The Morgan fingerprint density at radius 2 is 1.95 bits per heavy atom. The van der Waals surface area contributed by atoms with Gasteiger partial charge in [0, 0.05) is 19.6 Å². The van der Waals surface area contributed by atoms with Crippen molar-refractivity contribution in [3.05, 3.63) is 35.9 Å². The Bertz CT molecular complexity index is 420. The number of nitrogens with two attached hydrogens (primary N) is 1. The van der Waals surface area contributed by atoms with Crippen molar-refractivity contribution < 1.29 is 4.79 Å². The van der Waals surface area contributed by atoms with E-state index in [0.29, 0.717) is 5.92 Å². The molecule has 3 nitrogen and oxygen atoms in total. The van der Waals surface area contributed by atoms with Gasteiger partial charge in [0.15, 0.2) is 0 Å². The van der Waals surface area contributed by atoms with E-state index < -0.39 is 0 Å². The van der Waals surface area contributed by atoms with Gasteiger partial charge in [-0.15, -0.1) is 12.4 Å². The maximum Gasteiger partial charge on any atom is 0.227 e. The Hall–Kier alpha value is -1.06. The van der Waals surface area contributed by atoms with Gasteiger partial charge in [0.2, 0.25) is 5.91 Å². The summed E-state index contributed by atoms with van der Waals surface area (Å²) in [5, 5.41) is 0. The van der Waals surface area contributed by atoms with Gasteiger partial charge >= 0.3 is 0 Å². The van der Waals surface area contributed by atoms with Crippen LogP contribution in [0.25, 0.3) is 0 Å². The second kappa shape index (κ2) is 7.65. The molecule has 4 heteroatoms. The summed E-state index contributed by atoms with van der Waals surface area (Å²) >= 11 is 0. The van der Waals surface area contributed by atoms with Gasteiger partial charge in [-0.1, -0.05) is 43.7 Å². The van der Waals surface area contributed by atoms with Crippen LogP contribution in [0.1, 0.15) is 37.8 Å². The third kappa shape index (κ3) is 3.97. The number of hydrogen-bond acceptors (Lipinski definition) is 2. The molecule has 0 heterocycles. The molecule has 2 N–H and O–H groups in total. The van der Waals surface area contributed by atoms with Gasteiger partial charge in [-0.25, -0.2) is 0 Å². The molecule has 0 spiro atoms. The van der Waals surface area contributed by atoms with Crippen LogP contribution in [0.4, 0.5) is 0 Å². The number of carbonyl (C=O) groups excluding carboxylic acids is 1. The van der Waals surface area contributed by atoms with Crippen LogP contribution >= 0.6 is 12.4 Å². The van der Waals surface area contributed by atoms with Crippen LogP contribution in [0.3, 0.4) is 0 Å². The molecule has 0 radical (unpaired) electrons. The molecule has 20 heavy (non-hydrogen) atoms. The summed E-state index contributed by atoms with van der Waals surface area (Å²) in [5.74, 6) is 0.685. The molecule has 1 fully saturated rings. The van der Waals surface area contributed by atoms with Crippen LogP contribution < -0.4 is 5.73 Å². The molecule has 2 atom stereocenters. The van der Waals surface area contributed by atoms with Crippen molar-refractivity contribution in [2.24, 2.45) is 17.6 Å². The summed E-state index contributed by atoms with van der Waals surface area (Å²) in [4.78, 5) is 14.2. The Kier molecular flexibility index (Phi) is 6.50. The normalized spacial score (nSPS) is 17.6. The molecule has 1 aromatic carbocycles. The number of halogens is 1. The number of benzene rings is 1. The summed E-state index contributed by atoms with van der Waals surface area (Å²) in [6.45, 7) is 2.81. The minimum Gasteiger partial charge on any atom is -0.345 e. The first kappa shape index (κ1) is 17.0. The topological polar surface area (TPSA) is 46.3 Å². The van der Waals surface area contributed by atoms with E-state index in [-0.39, 0.29) is 30.3 Å². The molecule has 1 amide bonds. The van der Waals surface area contributed by atoms with E-state index in [1.54, 1.807) is 0 Å². The van der Waals surface area contributed by atoms with Crippen LogP contribution in [0.15, 0.2) is 30.3 Å². The maximum absolute atomic E-state index is 12.4. The molecule has 112 valence electrons. The van der Waals surface area contributed by atoms with Crippen molar-refractivity contribution in [2.75, 3.05) is 13.6 Å².